The van der Waals surface area contributed by atoms with Crippen molar-refractivity contribution in [2.75, 3.05) is 12.4 Å². The summed E-state index contributed by atoms with van der Waals surface area (Å²) in [5, 5.41) is 3.52. The van der Waals surface area contributed by atoms with Gasteiger partial charge in [0.1, 0.15) is 5.75 Å². The van der Waals surface area contributed by atoms with Crippen LogP contribution in [0.5, 0.6) is 5.75 Å². The topological polar surface area (TPSA) is 38.3 Å². The van der Waals surface area contributed by atoms with Crippen LogP contribution in [0.4, 0.5) is 5.69 Å². The number of ether oxygens (including phenoxy) is 1. The van der Waals surface area contributed by atoms with Crippen molar-refractivity contribution in [3.63, 3.8) is 0 Å². The summed E-state index contributed by atoms with van der Waals surface area (Å²) in [5.74, 6) is 0.930. The average Bonchev–Trinajstić information content (AvgIpc) is 2.75. The normalized spacial score (nSPS) is 11.7. The van der Waals surface area contributed by atoms with Crippen molar-refractivity contribution in [2.24, 2.45) is 0 Å². The summed E-state index contributed by atoms with van der Waals surface area (Å²) in [6, 6.07) is 23.9. The number of benzene rings is 3. The van der Waals surface area contributed by atoms with E-state index < -0.39 is 0 Å². The molecule has 0 amide bonds. The number of aryl methyl sites for hydroxylation is 1. The minimum atomic E-state index is -0.121. The van der Waals surface area contributed by atoms with Gasteiger partial charge in [-0.15, -0.1) is 0 Å². The number of carbonyl (C=O) groups is 1. The highest BCUT2D eigenvalue weighted by atomic mass is 127. The van der Waals surface area contributed by atoms with Gasteiger partial charge in [0.2, 0.25) is 0 Å². The fourth-order valence-corrected chi connectivity index (χ4v) is 3.42. The van der Waals surface area contributed by atoms with Crippen LogP contribution in [0.1, 0.15) is 40.9 Å². The van der Waals surface area contributed by atoms with E-state index in [4.69, 9.17) is 4.74 Å². The molecule has 0 aliphatic carbocycles. The summed E-state index contributed by atoms with van der Waals surface area (Å²) in [6.07, 6.45) is 1.35. The number of halogens is 1. The molecule has 0 spiro atoms. The molecule has 0 aliphatic rings. The molecular formula is C24H24INO2. The lowest BCUT2D eigenvalue weighted by atomic mass is 9.96. The minimum Gasteiger partial charge on any atom is -0.497 e. The first-order chi connectivity index (χ1) is 13.6. The van der Waals surface area contributed by atoms with Crippen molar-refractivity contribution in [3.8, 4) is 5.75 Å². The van der Waals surface area contributed by atoms with Gasteiger partial charge in [0.25, 0.3) is 0 Å². The van der Waals surface area contributed by atoms with Crippen molar-refractivity contribution in [3.05, 3.63) is 93.1 Å². The van der Waals surface area contributed by atoms with E-state index in [0.29, 0.717) is 6.42 Å². The molecule has 144 valence electrons. The molecule has 3 aromatic rings. The predicted molar refractivity (Wildman–Crippen MR) is 123 cm³/mol. The Morgan fingerprint density at radius 2 is 1.61 bits per heavy atom. The van der Waals surface area contributed by atoms with Crippen LogP contribution < -0.4 is 10.1 Å². The van der Waals surface area contributed by atoms with Crippen LogP contribution >= 0.6 is 22.6 Å². The number of rotatable bonds is 8. The first-order valence-electron chi connectivity index (χ1n) is 9.37. The first-order valence-corrected chi connectivity index (χ1v) is 10.4. The van der Waals surface area contributed by atoms with Gasteiger partial charge in [0, 0.05) is 21.2 Å². The van der Waals surface area contributed by atoms with Crippen LogP contribution in [-0.2, 0) is 6.42 Å². The van der Waals surface area contributed by atoms with E-state index in [1.807, 2.05) is 60.7 Å². The molecule has 0 radical (unpaired) electrons. The van der Waals surface area contributed by atoms with Gasteiger partial charge >= 0.3 is 0 Å². The smallest absolute Gasteiger partial charge is 0.165 e. The summed E-state index contributed by atoms with van der Waals surface area (Å²) >= 11 is 2.29. The molecule has 0 saturated heterocycles. The van der Waals surface area contributed by atoms with Crippen LogP contribution in [0.15, 0.2) is 72.8 Å². The molecule has 1 atom stereocenters. The molecule has 0 aromatic heterocycles. The Morgan fingerprint density at radius 1 is 0.964 bits per heavy atom. The van der Waals surface area contributed by atoms with E-state index in [0.717, 1.165) is 29.0 Å². The highest BCUT2D eigenvalue weighted by molar-refractivity contribution is 14.1. The van der Waals surface area contributed by atoms with Crippen LogP contribution in [0, 0.1) is 3.57 Å². The summed E-state index contributed by atoms with van der Waals surface area (Å²) in [7, 11) is 1.65. The van der Waals surface area contributed by atoms with Gasteiger partial charge in [-0.05, 0) is 76.5 Å². The second kappa shape index (κ2) is 9.73. The van der Waals surface area contributed by atoms with Gasteiger partial charge in [-0.25, -0.2) is 0 Å². The Kier molecular flexibility index (Phi) is 7.09. The van der Waals surface area contributed by atoms with Crippen LogP contribution in [-0.4, -0.2) is 12.9 Å². The van der Waals surface area contributed by atoms with Crippen LogP contribution in [0.2, 0.25) is 0 Å². The predicted octanol–water partition coefficient (Wildman–Crippen LogP) is 6.29. The lowest BCUT2D eigenvalue weighted by Gasteiger charge is -2.20. The highest BCUT2D eigenvalue weighted by Gasteiger charge is 2.18. The zero-order chi connectivity index (χ0) is 19.9. The Labute approximate surface area is 180 Å². The number of methoxy groups -OCH3 is 1. The minimum absolute atomic E-state index is 0.121. The summed E-state index contributed by atoms with van der Waals surface area (Å²) in [4.78, 5) is 12.9. The molecule has 28 heavy (non-hydrogen) atoms. The third-order valence-corrected chi connectivity index (χ3v) is 5.50. The van der Waals surface area contributed by atoms with E-state index in [1.165, 1.54) is 9.13 Å². The number of hydrogen-bond acceptors (Lipinski definition) is 3. The monoisotopic (exact) mass is 485 g/mol. The van der Waals surface area contributed by atoms with E-state index in [-0.39, 0.29) is 11.8 Å². The highest BCUT2D eigenvalue weighted by Crippen LogP contribution is 2.27. The number of hydrogen-bond donors (Lipinski definition) is 1. The van der Waals surface area contributed by atoms with Gasteiger partial charge in [-0.1, -0.05) is 43.3 Å². The lowest BCUT2D eigenvalue weighted by molar-refractivity contribution is 0.0976. The maximum atomic E-state index is 12.9. The SMILES string of the molecule is CCc1ccc(C(=O)CC(Nc2ccc(I)cc2)c2ccc(OC)cc2)cc1. The van der Waals surface area contributed by atoms with Crippen molar-refractivity contribution in [1.82, 2.24) is 0 Å². The third-order valence-electron chi connectivity index (χ3n) is 4.78. The average molecular weight is 485 g/mol. The molecule has 0 fully saturated rings. The first kappa shape index (κ1) is 20.4. The summed E-state index contributed by atoms with van der Waals surface area (Å²) in [6.45, 7) is 2.11. The molecular weight excluding hydrogens is 461 g/mol. The second-order valence-corrected chi connectivity index (χ2v) is 7.90. The Bertz CT molecular complexity index is 903. The maximum Gasteiger partial charge on any atom is 0.165 e. The third kappa shape index (κ3) is 5.35. The fraction of sp³-hybridized carbons (Fsp3) is 0.208. The lowest BCUT2D eigenvalue weighted by Crippen LogP contribution is -2.16. The second-order valence-electron chi connectivity index (χ2n) is 6.65. The van der Waals surface area contributed by atoms with Crippen molar-refractivity contribution in [2.45, 2.75) is 25.8 Å². The zero-order valence-corrected chi connectivity index (χ0v) is 18.3. The molecule has 0 aliphatic heterocycles. The van der Waals surface area contributed by atoms with Crippen molar-refractivity contribution < 1.29 is 9.53 Å². The molecule has 4 heteroatoms. The molecule has 0 saturated carbocycles. The Balaban J connectivity index is 1.83. The molecule has 1 N–H and O–H groups in total. The van der Waals surface area contributed by atoms with E-state index in [2.05, 4.69) is 47.0 Å². The molecule has 0 heterocycles. The van der Waals surface area contributed by atoms with Crippen LogP contribution in [0.3, 0.4) is 0 Å². The van der Waals surface area contributed by atoms with Gasteiger partial charge in [0.05, 0.1) is 13.2 Å². The van der Waals surface area contributed by atoms with Crippen molar-refractivity contribution >= 4 is 34.1 Å². The molecule has 0 bridgehead atoms. The summed E-state index contributed by atoms with van der Waals surface area (Å²) < 4.78 is 6.44. The van der Waals surface area contributed by atoms with Gasteiger partial charge in [-0.3, -0.25) is 4.79 Å². The largest absolute Gasteiger partial charge is 0.497 e. The van der Waals surface area contributed by atoms with E-state index >= 15 is 0 Å². The Morgan fingerprint density at radius 3 is 2.18 bits per heavy atom. The quantitative estimate of drug-likeness (QED) is 0.301. The van der Waals surface area contributed by atoms with Gasteiger partial charge in [-0.2, -0.15) is 0 Å². The molecule has 1 unspecified atom stereocenters. The number of ketones is 1. The van der Waals surface area contributed by atoms with Gasteiger partial charge < -0.3 is 10.1 Å². The Hall–Kier alpha value is -2.34. The number of anilines is 1. The fourth-order valence-electron chi connectivity index (χ4n) is 3.07. The van der Waals surface area contributed by atoms with E-state index in [9.17, 15) is 4.79 Å². The standard InChI is InChI=1S/C24H24INO2/c1-3-17-4-6-19(7-5-17)24(27)16-23(18-8-14-22(28-2)15-9-18)26-21-12-10-20(25)11-13-21/h4-15,23,26H,3,16H2,1-2H3. The molecule has 3 rings (SSSR count). The summed E-state index contributed by atoms with van der Waals surface area (Å²) in [5.41, 5.74) is 4.04. The van der Waals surface area contributed by atoms with Crippen molar-refractivity contribution in [1.29, 1.82) is 0 Å². The molecule has 3 aromatic carbocycles. The molecule has 3 nitrogen and oxygen atoms in total. The van der Waals surface area contributed by atoms with E-state index in [1.54, 1.807) is 7.11 Å². The van der Waals surface area contributed by atoms with Gasteiger partial charge in [0.15, 0.2) is 5.78 Å². The zero-order valence-electron chi connectivity index (χ0n) is 16.1. The number of carbonyl (C=O) groups excluding carboxylic acids is 1. The maximum absolute atomic E-state index is 12.9. The van der Waals surface area contributed by atoms with Crippen LogP contribution in [0.25, 0.3) is 0 Å². The number of nitrogens with one attached hydrogen (secondary N) is 1. The number of Topliss-reactive ketones (excluding diaryl/α,β-unsaturated/α-hetero) is 1.